The van der Waals surface area contributed by atoms with E-state index in [1.165, 1.54) is 16.8 Å². The molecule has 0 bridgehead atoms. The highest BCUT2D eigenvalue weighted by Crippen LogP contribution is 2.17. The van der Waals surface area contributed by atoms with Gasteiger partial charge in [-0.15, -0.1) is 0 Å². The van der Waals surface area contributed by atoms with Crippen molar-refractivity contribution in [3.05, 3.63) is 104 Å². The van der Waals surface area contributed by atoms with Crippen molar-refractivity contribution in [1.82, 2.24) is 9.66 Å². The number of ether oxygens (including phenoxy) is 1. The second-order valence-electron chi connectivity index (χ2n) is 6.89. The Bertz CT molecular complexity index is 1320. The molecule has 0 aliphatic carbocycles. The van der Waals surface area contributed by atoms with Crippen LogP contribution >= 0.6 is 15.9 Å². The van der Waals surface area contributed by atoms with E-state index in [1.54, 1.807) is 30.5 Å². The van der Waals surface area contributed by atoms with E-state index in [1.807, 2.05) is 37.3 Å². The van der Waals surface area contributed by atoms with Gasteiger partial charge in [0.25, 0.3) is 5.56 Å². The quantitative estimate of drug-likeness (QED) is 0.351. The summed E-state index contributed by atoms with van der Waals surface area (Å²) in [6.45, 7) is 2.21. The normalized spacial score (nSPS) is 11.3. The van der Waals surface area contributed by atoms with Crippen molar-refractivity contribution >= 4 is 33.0 Å². The van der Waals surface area contributed by atoms with Crippen molar-refractivity contribution in [2.75, 3.05) is 0 Å². The van der Waals surface area contributed by atoms with Crippen molar-refractivity contribution in [3.63, 3.8) is 0 Å². The largest absolute Gasteiger partial charge is 0.489 e. The van der Waals surface area contributed by atoms with Gasteiger partial charge in [-0.1, -0.05) is 35.0 Å². The van der Waals surface area contributed by atoms with Crippen molar-refractivity contribution < 1.29 is 9.13 Å². The smallest absolute Gasteiger partial charge is 0.282 e. The van der Waals surface area contributed by atoms with Crippen LogP contribution in [0.2, 0.25) is 0 Å². The fourth-order valence-corrected chi connectivity index (χ4v) is 3.47. The summed E-state index contributed by atoms with van der Waals surface area (Å²) >= 11 is 3.40. The Balaban J connectivity index is 1.54. The first kappa shape index (κ1) is 20.9. The number of benzene rings is 3. The van der Waals surface area contributed by atoms with E-state index < -0.39 is 0 Å². The van der Waals surface area contributed by atoms with Crippen LogP contribution < -0.4 is 10.3 Å². The van der Waals surface area contributed by atoms with Crippen molar-refractivity contribution in [1.29, 1.82) is 0 Å². The molecule has 0 atom stereocenters. The van der Waals surface area contributed by atoms with E-state index in [0.717, 1.165) is 15.6 Å². The Hall–Kier alpha value is -3.32. The lowest BCUT2D eigenvalue weighted by molar-refractivity contribution is 0.305. The van der Waals surface area contributed by atoms with E-state index in [2.05, 4.69) is 26.0 Å². The molecule has 3 aromatic carbocycles. The van der Waals surface area contributed by atoms with E-state index >= 15 is 0 Å². The third kappa shape index (κ3) is 4.88. The summed E-state index contributed by atoms with van der Waals surface area (Å²) in [5, 5.41) is 4.88. The first-order valence-electron chi connectivity index (χ1n) is 9.76. The zero-order valence-electron chi connectivity index (χ0n) is 16.8. The molecule has 0 N–H and O–H groups in total. The van der Waals surface area contributed by atoms with E-state index in [4.69, 9.17) is 4.74 Å². The molecular weight excluding hydrogens is 461 g/mol. The fourth-order valence-electron chi connectivity index (χ4n) is 3.11. The Morgan fingerprint density at radius 3 is 2.68 bits per heavy atom. The second kappa shape index (κ2) is 9.22. The molecule has 0 aliphatic rings. The van der Waals surface area contributed by atoms with E-state index in [-0.39, 0.29) is 18.0 Å². The summed E-state index contributed by atoms with van der Waals surface area (Å²) in [4.78, 5) is 17.5. The average molecular weight is 480 g/mol. The summed E-state index contributed by atoms with van der Waals surface area (Å²) in [5.74, 6) is 0.959. The first-order chi connectivity index (χ1) is 15.0. The topological polar surface area (TPSA) is 56.5 Å². The lowest BCUT2D eigenvalue weighted by atomic mass is 10.2. The van der Waals surface area contributed by atoms with Gasteiger partial charge >= 0.3 is 0 Å². The molecule has 156 valence electrons. The van der Waals surface area contributed by atoms with E-state index in [0.29, 0.717) is 28.9 Å². The maximum absolute atomic E-state index is 13.3. The summed E-state index contributed by atoms with van der Waals surface area (Å²) in [7, 11) is 0. The third-order valence-corrected chi connectivity index (χ3v) is 5.18. The number of fused-ring (bicyclic) bond motifs is 1. The SMILES string of the molecule is CCc1nc2ccc(Br)cc2c(=O)n1N=Cc1ccc(OCc2cccc(F)c2)cc1. The number of aromatic nitrogens is 2. The molecular formula is C24H19BrFN3O2. The van der Waals surface area contributed by atoms with Gasteiger partial charge in [-0.25, -0.2) is 9.37 Å². The monoisotopic (exact) mass is 479 g/mol. The molecule has 0 aliphatic heterocycles. The number of hydrogen-bond donors (Lipinski definition) is 0. The Labute approximate surface area is 187 Å². The average Bonchev–Trinajstić information content (AvgIpc) is 2.78. The molecule has 4 aromatic rings. The minimum atomic E-state index is -0.287. The molecule has 1 aromatic heterocycles. The van der Waals surface area contributed by atoms with Crippen LogP contribution in [0.4, 0.5) is 4.39 Å². The number of halogens is 2. The maximum atomic E-state index is 13.3. The molecule has 0 saturated heterocycles. The van der Waals surface area contributed by atoms with Crippen molar-refractivity contribution in [2.45, 2.75) is 20.0 Å². The van der Waals surface area contributed by atoms with E-state index in [9.17, 15) is 9.18 Å². The lowest BCUT2D eigenvalue weighted by Crippen LogP contribution is -2.22. The number of aryl methyl sites for hydroxylation is 1. The third-order valence-electron chi connectivity index (χ3n) is 4.69. The van der Waals surface area contributed by atoms with Gasteiger partial charge in [-0.2, -0.15) is 9.78 Å². The molecule has 0 spiro atoms. The fraction of sp³-hybridized carbons (Fsp3) is 0.125. The molecule has 7 heteroatoms. The summed E-state index contributed by atoms with van der Waals surface area (Å²) in [6.07, 6.45) is 2.19. The summed E-state index contributed by atoms with van der Waals surface area (Å²) in [6, 6.07) is 19.0. The molecule has 1 heterocycles. The zero-order chi connectivity index (χ0) is 21.8. The summed E-state index contributed by atoms with van der Waals surface area (Å²) in [5.41, 5.74) is 2.00. The molecule has 0 saturated carbocycles. The van der Waals surface area contributed by atoms with Gasteiger partial charge in [0.15, 0.2) is 0 Å². The van der Waals surface area contributed by atoms with Crippen LogP contribution in [0.5, 0.6) is 5.75 Å². The molecule has 0 amide bonds. The van der Waals surface area contributed by atoms with Gasteiger partial charge in [-0.3, -0.25) is 4.79 Å². The standard InChI is InChI=1S/C24H19BrFN3O2/c1-2-23-28-22-11-8-18(25)13-21(22)24(30)29(23)27-14-16-6-9-20(10-7-16)31-15-17-4-3-5-19(26)12-17/h3-14H,2,15H2,1H3. The first-order valence-corrected chi connectivity index (χ1v) is 10.6. The van der Waals surface area contributed by atoms with Crippen LogP contribution in [-0.4, -0.2) is 15.9 Å². The van der Waals surface area contributed by atoms with Crippen LogP contribution in [0, 0.1) is 5.82 Å². The minimum absolute atomic E-state index is 0.213. The van der Waals surface area contributed by atoms with Gasteiger partial charge in [0.05, 0.1) is 17.1 Å². The number of rotatable bonds is 6. The van der Waals surface area contributed by atoms with Crippen LogP contribution in [0.3, 0.4) is 0 Å². The van der Waals surface area contributed by atoms with Gasteiger partial charge < -0.3 is 4.74 Å². The maximum Gasteiger partial charge on any atom is 0.282 e. The van der Waals surface area contributed by atoms with Gasteiger partial charge in [0.2, 0.25) is 0 Å². The number of hydrogen-bond acceptors (Lipinski definition) is 4. The van der Waals surface area contributed by atoms with Crippen LogP contribution in [0.1, 0.15) is 23.9 Å². The minimum Gasteiger partial charge on any atom is -0.489 e. The molecule has 0 radical (unpaired) electrons. The Kier molecular flexibility index (Phi) is 6.23. The molecule has 5 nitrogen and oxygen atoms in total. The predicted octanol–water partition coefficient (Wildman–Crippen LogP) is 5.32. The highest BCUT2D eigenvalue weighted by molar-refractivity contribution is 9.10. The van der Waals surface area contributed by atoms with Gasteiger partial charge in [0, 0.05) is 10.9 Å². The van der Waals surface area contributed by atoms with Crippen molar-refractivity contribution in [3.8, 4) is 5.75 Å². The van der Waals surface area contributed by atoms with Crippen LogP contribution in [0.25, 0.3) is 10.9 Å². The Morgan fingerprint density at radius 1 is 1.13 bits per heavy atom. The molecule has 31 heavy (non-hydrogen) atoms. The number of nitrogens with zero attached hydrogens (tertiary/aromatic N) is 3. The molecule has 0 unspecified atom stereocenters. The summed E-state index contributed by atoms with van der Waals surface area (Å²) < 4.78 is 21.1. The highest BCUT2D eigenvalue weighted by atomic mass is 79.9. The zero-order valence-corrected chi connectivity index (χ0v) is 18.3. The van der Waals surface area contributed by atoms with Crippen LogP contribution in [0.15, 0.2) is 81.1 Å². The molecule has 4 rings (SSSR count). The Morgan fingerprint density at radius 2 is 1.94 bits per heavy atom. The second-order valence-corrected chi connectivity index (χ2v) is 7.81. The van der Waals surface area contributed by atoms with Gasteiger partial charge in [-0.05, 0) is 65.7 Å². The van der Waals surface area contributed by atoms with Crippen LogP contribution in [-0.2, 0) is 13.0 Å². The lowest BCUT2D eigenvalue weighted by Gasteiger charge is -2.08. The predicted molar refractivity (Wildman–Crippen MR) is 123 cm³/mol. The molecule has 0 fully saturated rings. The highest BCUT2D eigenvalue weighted by Gasteiger charge is 2.09. The van der Waals surface area contributed by atoms with Gasteiger partial charge in [0.1, 0.15) is 24.0 Å². The van der Waals surface area contributed by atoms with Crippen molar-refractivity contribution in [2.24, 2.45) is 5.10 Å².